The molecule has 0 unspecified atom stereocenters. The Labute approximate surface area is 89.1 Å². The third-order valence-electron chi connectivity index (χ3n) is 2.15. The maximum absolute atomic E-state index is 11.7. The van der Waals surface area contributed by atoms with E-state index in [0.29, 0.717) is 24.2 Å². The van der Waals surface area contributed by atoms with Crippen molar-refractivity contribution in [1.82, 2.24) is 5.32 Å². The number of aliphatic hydroxyl groups is 1. The lowest BCUT2D eigenvalue weighted by atomic mass is 10.1. The molecular weight excluding hydrogens is 192 g/mol. The number of anilines is 1. The highest BCUT2D eigenvalue weighted by molar-refractivity contribution is 6.00. The first kappa shape index (κ1) is 11.5. The fraction of sp³-hybridized carbons (Fsp3) is 0.364. The summed E-state index contributed by atoms with van der Waals surface area (Å²) < 4.78 is 0. The molecule has 0 saturated carbocycles. The van der Waals surface area contributed by atoms with Gasteiger partial charge in [-0.05, 0) is 25.0 Å². The molecule has 0 aliphatic carbocycles. The number of carbonyl (C=O) groups is 1. The Morgan fingerprint density at radius 1 is 1.53 bits per heavy atom. The van der Waals surface area contributed by atoms with Crippen molar-refractivity contribution in [3.63, 3.8) is 0 Å². The lowest BCUT2D eigenvalue weighted by Crippen LogP contribution is -2.26. The molecule has 0 aliphatic rings. The summed E-state index contributed by atoms with van der Waals surface area (Å²) >= 11 is 0. The fourth-order valence-electron chi connectivity index (χ4n) is 1.37. The molecule has 82 valence electrons. The van der Waals surface area contributed by atoms with E-state index in [1.807, 2.05) is 19.1 Å². The quantitative estimate of drug-likeness (QED) is 0.503. The molecule has 1 amide bonds. The zero-order chi connectivity index (χ0) is 11.3. The molecule has 15 heavy (non-hydrogen) atoms. The van der Waals surface area contributed by atoms with E-state index in [2.05, 4.69) is 5.32 Å². The number of aliphatic hydroxyl groups excluding tert-OH is 1. The number of aryl methyl sites for hydroxylation is 1. The maximum atomic E-state index is 11.7. The van der Waals surface area contributed by atoms with Crippen LogP contribution < -0.4 is 11.1 Å². The second kappa shape index (κ2) is 5.36. The third kappa shape index (κ3) is 2.95. The molecule has 0 aromatic heterocycles. The smallest absolute Gasteiger partial charge is 0.253 e. The molecule has 0 aliphatic heterocycles. The summed E-state index contributed by atoms with van der Waals surface area (Å²) in [6.07, 6.45) is 0.553. The van der Waals surface area contributed by atoms with Crippen molar-refractivity contribution in [2.45, 2.75) is 13.3 Å². The molecule has 1 aromatic rings. The lowest BCUT2D eigenvalue weighted by molar-refractivity contribution is 0.0951. The Morgan fingerprint density at radius 3 is 2.87 bits per heavy atom. The van der Waals surface area contributed by atoms with Gasteiger partial charge < -0.3 is 16.2 Å². The molecule has 4 nitrogen and oxygen atoms in total. The first-order valence-corrected chi connectivity index (χ1v) is 4.91. The summed E-state index contributed by atoms with van der Waals surface area (Å²) in [7, 11) is 0. The number of nitrogens with one attached hydrogen (secondary N) is 1. The van der Waals surface area contributed by atoms with Crippen LogP contribution in [0, 0.1) is 6.92 Å². The highest BCUT2D eigenvalue weighted by atomic mass is 16.3. The second-order valence-electron chi connectivity index (χ2n) is 3.37. The topological polar surface area (TPSA) is 75.4 Å². The van der Waals surface area contributed by atoms with Gasteiger partial charge in [0.05, 0.1) is 5.56 Å². The van der Waals surface area contributed by atoms with Gasteiger partial charge in [-0.1, -0.05) is 12.1 Å². The van der Waals surface area contributed by atoms with E-state index in [-0.39, 0.29) is 12.5 Å². The summed E-state index contributed by atoms with van der Waals surface area (Å²) in [4.78, 5) is 11.7. The van der Waals surface area contributed by atoms with Gasteiger partial charge in [0, 0.05) is 18.8 Å². The van der Waals surface area contributed by atoms with Crippen LogP contribution in [-0.4, -0.2) is 24.2 Å². The minimum absolute atomic E-state index is 0.0730. The average molecular weight is 208 g/mol. The van der Waals surface area contributed by atoms with Gasteiger partial charge in [-0.15, -0.1) is 0 Å². The van der Waals surface area contributed by atoms with E-state index in [1.165, 1.54) is 0 Å². The van der Waals surface area contributed by atoms with Crippen molar-refractivity contribution in [1.29, 1.82) is 0 Å². The van der Waals surface area contributed by atoms with Gasteiger partial charge in [-0.2, -0.15) is 0 Å². The largest absolute Gasteiger partial charge is 0.398 e. The predicted molar refractivity (Wildman–Crippen MR) is 59.6 cm³/mol. The third-order valence-corrected chi connectivity index (χ3v) is 2.15. The van der Waals surface area contributed by atoms with E-state index < -0.39 is 0 Å². The fourth-order valence-corrected chi connectivity index (χ4v) is 1.37. The summed E-state index contributed by atoms with van der Waals surface area (Å²) in [5.74, 6) is -0.181. The Kier molecular flexibility index (Phi) is 4.12. The molecular formula is C11H16N2O2. The molecule has 0 heterocycles. The Hall–Kier alpha value is -1.55. The molecule has 1 aromatic carbocycles. The van der Waals surface area contributed by atoms with E-state index >= 15 is 0 Å². The Bertz CT molecular complexity index is 330. The first-order valence-electron chi connectivity index (χ1n) is 4.91. The summed E-state index contributed by atoms with van der Waals surface area (Å²) in [6.45, 7) is 2.38. The van der Waals surface area contributed by atoms with Crippen LogP contribution in [0.25, 0.3) is 0 Å². The molecule has 1 rings (SSSR count). The first-order chi connectivity index (χ1) is 7.16. The van der Waals surface area contributed by atoms with Crippen LogP contribution in [0.4, 0.5) is 5.69 Å². The molecule has 0 bridgehead atoms. The molecule has 0 saturated heterocycles. The van der Waals surface area contributed by atoms with Gasteiger partial charge in [-0.25, -0.2) is 0 Å². The van der Waals surface area contributed by atoms with Gasteiger partial charge in [-0.3, -0.25) is 4.79 Å². The van der Waals surface area contributed by atoms with E-state index in [9.17, 15) is 4.79 Å². The predicted octanol–water partition coefficient (Wildman–Crippen LogP) is 0.689. The number of benzene rings is 1. The molecule has 4 N–H and O–H groups in total. The standard InChI is InChI=1S/C11H16N2O2/c1-8-4-2-5-9(12)10(8)11(15)13-6-3-7-14/h2,4-5,14H,3,6-7,12H2,1H3,(H,13,15). The molecule has 0 fully saturated rings. The van der Waals surface area contributed by atoms with Gasteiger partial charge in [0.1, 0.15) is 0 Å². The van der Waals surface area contributed by atoms with Gasteiger partial charge in [0.25, 0.3) is 5.91 Å². The maximum Gasteiger partial charge on any atom is 0.253 e. The second-order valence-corrected chi connectivity index (χ2v) is 3.37. The van der Waals surface area contributed by atoms with Crippen LogP contribution in [0.5, 0.6) is 0 Å². The minimum atomic E-state index is -0.181. The van der Waals surface area contributed by atoms with Crippen molar-refractivity contribution in [3.8, 4) is 0 Å². The highest BCUT2D eigenvalue weighted by Crippen LogP contribution is 2.15. The normalized spacial score (nSPS) is 10.0. The van der Waals surface area contributed by atoms with Crippen LogP contribution in [0.2, 0.25) is 0 Å². The molecule has 4 heteroatoms. The number of nitrogen functional groups attached to an aromatic ring is 1. The van der Waals surface area contributed by atoms with Crippen LogP contribution in [0.3, 0.4) is 0 Å². The zero-order valence-electron chi connectivity index (χ0n) is 8.79. The SMILES string of the molecule is Cc1cccc(N)c1C(=O)NCCCO. The van der Waals surface area contributed by atoms with Crippen LogP contribution in [0.1, 0.15) is 22.3 Å². The van der Waals surface area contributed by atoms with E-state index in [4.69, 9.17) is 10.8 Å². The lowest BCUT2D eigenvalue weighted by Gasteiger charge is -2.09. The molecule has 0 spiro atoms. The molecule has 0 radical (unpaired) electrons. The van der Waals surface area contributed by atoms with Crippen LogP contribution >= 0.6 is 0 Å². The van der Waals surface area contributed by atoms with E-state index in [0.717, 1.165) is 5.56 Å². The Morgan fingerprint density at radius 2 is 2.27 bits per heavy atom. The van der Waals surface area contributed by atoms with E-state index in [1.54, 1.807) is 6.07 Å². The number of nitrogens with two attached hydrogens (primary N) is 1. The van der Waals surface area contributed by atoms with Gasteiger partial charge >= 0.3 is 0 Å². The average Bonchev–Trinajstić information content (AvgIpc) is 2.18. The number of hydrogen-bond donors (Lipinski definition) is 3. The summed E-state index contributed by atoms with van der Waals surface area (Å²) in [5.41, 5.74) is 7.58. The van der Waals surface area contributed by atoms with Crippen LogP contribution in [-0.2, 0) is 0 Å². The van der Waals surface area contributed by atoms with Crippen LogP contribution in [0.15, 0.2) is 18.2 Å². The summed E-state index contributed by atoms with van der Waals surface area (Å²) in [6, 6.07) is 5.36. The number of hydrogen-bond acceptors (Lipinski definition) is 3. The van der Waals surface area contributed by atoms with Crippen molar-refractivity contribution >= 4 is 11.6 Å². The summed E-state index contributed by atoms with van der Waals surface area (Å²) in [5, 5.41) is 11.3. The molecule has 0 atom stereocenters. The zero-order valence-corrected chi connectivity index (χ0v) is 8.79. The minimum Gasteiger partial charge on any atom is -0.398 e. The van der Waals surface area contributed by atoms with Crippen molar-refractivity contribution in [2.24, 2.45) is 0 Å². The highest BCUT2D eigenvalue weighted by Gasteiger charge is 2.11. The van der Waals surface area contributed by atoms with Gasteiger partial charge in [0.15, 0.2) is 0 Å². The number of rotatable bonds is 4. The van der Waals surface area contributed by atoms with Crippen molar-refractivity contribution in [3.05, 3.63) is 29.3 Å². The van der Waals surface area contributed by atoms with Crippen molar-refractivity contribution < 1.29 is 9.90 Å². The monoisotopic (exact) mass is 208 g/mol. The number of amides is 1. The Balaban J connectivity index is 2.73. The number of carbonyl (C=O) groups excluding carboxylic acids is 1. The van der Waals surface area contributed by atoms with Gasteiger partial charge in [0.2, 0.25) is 0 Å². The van der Waals surface area contributed by atoms with Crippen molar-refractivity contribution in [2.75, 3.05) is 18.9 Å².